The van der Waals surface area contributed by atoms with Gasteiger partial charge in [0.05, 0.1) is 14.1 Å². The Balaban J connectivity index is 0.00000338. The number of ketones is 1. The number of carbonyl (C=O) groups is 2. The normalized spacial score (nSPS) is 10.5. The summed E-state index contributed by atoms with van der Waals surface area (Å²) in [7, 11) is 4.13. The molecule has 2 aromatic carbocycles. The summed E-state index contributed by atoms with van der Waals surface area (Å²) in [5, 5.41) is 0. The third kappa shape index (κ3) is 6.47. The average Bonchev–Trinajstić information content (AvgIpc) is 2.61. The van der Waals surface area contributed by atoms with E-state index in [1.165, 1.54) is 6.08 Å². The zero-order valence-electron chi connectivity index (χ0n) is 15.2. The van der Waals surface area contributed by atoms with Gasteiger partial charge in [-0.15, -0.1) is 0 Å². The predicted molar refractivity (Wildman–Crippen MR) is 98.2 cm³/mol. The van der Waals surface area contributed by atoms with Gasteiger partial charge in [-0.25, -0.2) is 4.79 Å². The Hall–Kier alpha value is -2.43. The van der Waals surface area contributed by atoms with Crippen molar-refractivity contribution in [3.05, 3.63) is 83.9 Å². The molecule has 0 unspecified atom stereocenters. The van der Waals surface area contributed by atoms with Crippen molar-refractivity contribution < 1.29 is 31.2 Å². The fourth-order valence-corrected chi connectivity index (χ4v) is 2.59. The van der Waals surface area contributed by atoms with E-state index < -0.39 is 5.97 Å². The van der Waals surface area contributed by atoms with Gasteiger partial charge in [-0.2, -0.15) is 0 Å². The van der Waals surface area contributed by atoms with Crippen LogP contribution in [0.5, 0.6) is 0 Å². The monoisotopic (exact) mass is 373 g/mol. The average molecular weight is 374 g/mol. The van der Waals surface area contributed by atoms with E-state index >= 15 is 0 Å². The van der Waals surface area contributed by atoms with Crippen LogP contribution in [0.2, 0.25) is 0 Å². The van der Waals surface area contributed by atoms with Crippen molar-refractivity contribution >= 4 is 11.8 Å². The molecule has 0 aromatic heterocycles. The SMILES string of the molecule is C=CC(=O)OCC[N+](C)(C)Cc1cccc(C(=O)c2ccccc2)c1.[Cl-]. The van der Waals surface area contributed by atoms with E-state index in [1.807, 2.05) is 54.6 Å². The summed E-state index contributed by atoms with van der Waals surface area (Å²) < 4.78 is 5.70. The highest BCUT2D eigenvalue weighted by Gasteiger charge is 2.18. The molecule has 0 fully saturated rings. The second kappa shape index (κ2) is 9.90. The molecule has 0 amide bonds. The topological polar surface area (TPSA) is 43.4 Å². The molecule has 26 heavy (non-hydrogen) atoms. The van der Waals surface area contributed by atoms with Crippen LogP contribution < -0.4 is 12.4 Å². The van der Waals surface area contributed by atoms with Gasteiger partial charge in [0.25, 0.3) is 0 Å². The molecule has 2 aromatic rings. The minimum atomic E-state index is -0.407. The molecule has 138 valence electrons. The van der Waals surface area contributed by atoms with E-state index in [4.69, 9.17) is 4.74 Å². The van der Waals surface area contributed by atoms with Crippen molar-refractivity contribution in [2.45, 2.75) is 6.54 Å². The van der Waals surface area contributed by atoms with Crippen LogP contribution in [0.15, 0.2) is 67.3 Å². The van der Waals surface area contributed by atoms with Gasteiger partial charge >= 0.3 is 5.97 Å². The maximum Gasteiger partial charge on any atom is 0.330 e. The molecule has 5 heteroatoms. The Bertz CT molecular complexity index is 757. The lowest BCUT2D eigenvalue weighted by molar-refractivity contribution is -0.903. The highest BCUT2D eigenvalue weighted by atomic mass is 35.5. The molecular formula is C21H24ClNO3. The first-order chi connectivity index (χ1) is 11.9. The number of ether oxygens (including phenoxy) is 1. The molecule has 0 bridgehead atoms. The molecule has 0 heterocycles. The van der Waals surface area contributed by atoms with Crippen LogP contribution in [-0.4, -0.2) is 43.5 Å². The summed E-state index contributed by atoms with van der Waals surface area (Å²) in [5.41, 5.74) is 2.44. The number of nitrogens with zero attached hydrogens (tertiary/aromatic N) is 1. The van der Waals surface area contributed by atoms with Gasteiger partial charge < -0.3 is 21.6 Å². The number of likely N-dealkylation sites (N-methyl/N-ethyl adjacent to an activating group) is 1. The molecule has 0 radical (unpaired) electrons. The minimum Gasteiger partial charge on any atom is -1.00 e. The van der Waals surface area contributed by atoms with Crippen LogP contribution in [0.25, 0.3) is 0 Å². The standard InChI is InChI=1S/C21H24NO3.ClH/c1-4-20(23)25-14-13-22(2,3)16-17-9-8-12-19(15-17)21(24)18-10-6-5-7-11-18;/h4-12,15H,1,13-14,16H2,2-3H3;1H/q+1;/p-1. The van der Waals surface area contributed by atoms with E-state index in [9.17, 15) is 9.59 Å². The molecule has 0 saturated carbocycles. The van der Waals surface area contributed by atoms with E-state index in [0.717, 1.165) is 12.1 Å². The lowest BCUT2D eigenvalue weighted by atomic mass is 10.0. The Labute approximate surface area is 161 Å². The number of hydrogen-bond acceptors (Lipinski definition) is 3. The summed E-state index contributed by atoms with van der Waals surface area (Å²) in [4.78, 5) is 23.7. The molecule has 2 rings (SSSR count). The molecule has 4 nitrogen and oxygen atoms in total. The molecule has 0 saturated heterocycles. The molecule has 0 atom stereocenters. The number of benzene rings is 2. The first-order valence-electron chi connectivity index (χ1n) is 8.21. The van der Waals surface area contributed by atoms with Crippen LogP contribution in [0.3, 0.4) is 0 Å². The Kier molecular flexibility index (Phi) is 8.23. The second-order valence-electron chi connectivity index (χ2n) is 6.58. The maximum atomic E-state index is 12.6. The third-order valence-corrected chi connectivity index (χ3v) is 3.94. The van der Waals surface area contributed by atoms with Gasteiger partial charge in [0.2, 0.25) is 0 Å². The van der Waals surface area contributed by atoms with Gasteiger partial charge in [0.1, 0.15) is 19.7 Å². The smallest absolute Gasteiger partial charge is 0.330 e. The number of hydrogen-bond donors (Lipinski definition) is 0. The van der Waals surface area contributed by atoms with Crippen molar-refractivity contribution in [1.82, 2.24) is 0 Å². The maximum absolute atomic E-state index is 12.6. The third-order valence-electron chi connectivity index (χ3n) is 3.94. The summed E-state index contributed by atoms with van der Waals surface area (Å²) in [6.45, 7) is 5.13. The molecule has 0 aliphatic heterocycles. The first kappa shape index (κ1) is 21.6. The van der Waals surface area contributed by atoms with Crippen molar-refractivity contribution in [3.63, 3.8) is 0 Å². The van der Waals surface area contributed by atoms with Crippen molar-refractivity contribution in [1.29, 1.82) is 0 Å². The van der Waals surface area contributed by atoms with Crippen molar-refractivity contribution in [2.24, 2.45) is 0 Å². The van der Waals surface area contributed by atoms with Crippen LogP contribution in [0, 0.1) is 0 Å². The van der Waals surface area contributed by atoms with E-state index in [1.54, 1.807) is 0 Å². The lowest BCUT2D eigenvalue weighted by Crippen LogP contribution is -3.00. The molecule has 0 aliphatic carbocycles. The van der Waals surface area contributed by atoms with Crippen LogP contribution in [-0.2, 0) is 16.1 Å². The van der Waals surface area contributed by atoms with Crippen molar-refractivity contribution in [3.8, 4) is 0 Å². The Morgan fingerprint density at radius 3 is 2.35 bits per heavy atom. The highest BCUT2D eigenvalue weighted by molar-refractivity contribution is 6.09. The molecule has 0 aliphatic rings. The highest BCUT2D eigenvalue weighted by Crippen LogP contribution is 2.15. The van der Waals surface area contributed by atoms with Gasteiger partial charge in [0.15, 0.2) is 5.78 Å². The van der Waals surface area contributed by atoms with E-state index in [-0.39, 0.29) is 18.2 Å². The van der Waals surface area contributed by atoms with Crippen LogP contribution in [0.1, 0.15) is 21.5 Å². The number of esters is 1. The van der Waals surface area contributed by atoms with E-state index in [0.29, 0.717) is 28.8 Å². The number of quaternary nitrogens is 1. The van der Waals surface area contributed by atoms with Gasteiger partial charge in [-0.3, -0.25) is 4.79 Å². The first-order valence-corrected chi connectivity index (χ1v) is 8.21. The Morgan fingerprint density at radius 1 is 1.04 bits per heavy atom. The minimum absolute atomic E-state index is 0. The number of rotatable bonds is 8. The van der Waals surface area contributed by atoms with Gasteiger partial charge in [-0.05, 0) is 6.07 Å². The fraction of sp³-hybridized carbons (Fsp3) is 0.238. The summed E-state index contributed by atoms with van der Waals surface area (Å²) >= 11 is 0. The van der Waals surface area contributed by atoms with Crippen LogP contribution in [0.4, 0.5) is 0 Å². The van der Waals surface area contributed by atoms with E-state index in [2.05, 4.69) is 20.7 Å². The molecule has 0 spiro atoms. The summed E-state index contributed by atoms with van der Waals surface area (Å²) in [6, 6.07) is 17.0. The zero-order valence-corrected chi connectivity index (χ0v) is 15.9. The second-order valence-corrected chi connectivity index (χ2v) is 6.58. The largest absolute Gasteiger partial charge is 1.00 e. The predicted octanol–water partition coefficient (Wildman–Crippen LogP) is 0.227. The summed E-state index contributed by atoms with van der Waals surface area (Å²) in [5.74, 6) is -0.386. The van der Waals surface area contributed by atoms with Crippen molar-refractivity contribution in [2.75, 3.05) is 27.2 Å². The number of carbonyl (C=O) groups excluding carboxylic acids is 2. The summed E-state index contributed by atoms with van der Waals surface area (Å²) in [6.07, 6.45) is 1.17. The fourth-order valence-electron chi connectivity index (χ4n) is 2.59. The number of halogens is 1. The zero-order chi connectivity index (χ0) is 18.3. The molecule has 0 N–H and O–H groups in total. The lowest BCUT2D eigenvalue weighted by Gasteiger charge is -2.29. The van der Waals surface area contributed by atoms with Gasteiger partial charge in [-0.1, -0.05) is 55.1 Å². The Morgan fingerprint density at radius 2 is 1.69 bits per heavy atom. The van der Waals surface area contributed by atoms with Gasteiger partial charge in [0, 0.05) is 22.8 Å². The quantitative estimate of drug-likeness (QED) is 0.288. The molecular weight excluding hydrogens is 350 g/mol. The van der Waals surface area contributed by atoms with Crippen LogP contribution >= 0.6 is 0 Å².